The predicted molar refractivity (Wildman–Crippen MR) is 103 cm³/mol. The minimum absolute atomic E-state index is 0.0151. The highest BCUT2D eigenvalue weighted by Gasteiger charge is 2.16. The fraction of sp³-hybridized carbons (Fsp3) is 0.200. The van der Waals surface area contributed by atoms with E-state index in [1.807, 2.05) is 35.0 Å². The van der Waals surface area contributed by atoms with Crippen LogP contribution < -0.4 is 14.2 Å². The second-order valence-electron chi connectivity index (χ2n) is 5.85. The lowest BCUT2D eigenvalue weighted by Crippen LogP contribution is -2.16. The third-order valence-corrected chi connectivity index (χ3v) is 5.12. The van der Waals surface area contributed by atoms with Gasteiger partial charge < -0.3 is 14.2 Å². The van der Waals surface area contributed by atoms with Crippen LogP contribution >= 0.6 is 11.8 Å². The van der Waals surface area contributed by atoms with E-state index < -0.39 is 0 Å². The maximum Gasteiger partial charge on any atom is 0.173 e. The number of ether oxygens (including phenoxy) is 3. The average Bonchev–Trinajstić information content (AvgIpc) is 3.20. The van der Waals surface area contributed by atoms with Gasteiger partial charge in [-0.15, -0.1) is 0 Å². The SMILES string of the molecule is COc1ccc(-n2ccnc2SCC(=O)c2ccc3c(c2)OCCO3)cc1. The molecule has 3 aromatic rings. The summed E-state index contributed by atoms with van der Waals surface area (Å²) in [5, 5.41) is 0.756. The number of carbonyl (C=O) groups is 1. The summed E-state index contributed by atoms with van der Waals surface area (Å²) in [5.74, 6) is 2.40. The second-order valence-corrected chi connectivity index (χ2v) is 6.79. The molecule has 2 aromatic carbocycles. The Hall–Kier alpha value is -2.93. The van der Waals surface area contributed by atoms with E-state index in [1.54, 1.807) is 31.5 Å². The van der Waals surface area contributed by atoms with Crippen molar-refractivity contribution < 1.29 is 19.0 Å². The maximum absolute atomic E-state index is 12.6. The molecule has 27 heavy (non-hydrogen) atoms. The number of benzene rings is 2. The number of carbonyl (C=O) groups excluding carboxylic acids is 1. The molecule has 0 saturated carbocycles. The largest absolute Gasteiger partial charge is 0.497 e. The van der Waals surface area contributed by atoms with Gasteiger partial charge in [-0.1, -0.05) is 11.8 Å². The van der Waals surface area contributed by atoms with Crippen LogP contribution in [-0.4, -0.2) is 41.4 Å². The van der Waals surface area contributed by atoms with Crippen LogP contribution in [0.3, 0.4) is 0 Å². The summed E-state index contributed by atoms with van der Waals surface area (Å²) in [7, 11) is 1.64. The van der Waals surface area contributed by atoms with Gasteiger partial charge in [0.2, 0.25) is 0 Å². The van der Waals surface area contributed by atoms with Crippen LogP contribution in [0.1, 0.15) is 10.4 Å². The highest BCUT2D eigenvalue weighted by molar-refractivity contribution is 7.99. The van der Waals surface area contributed by atoms with Crippen molar-refractivity contribution in [3.63, 3.8) is 0 Å². The normalized spacial score (nSPS) is 12.6. The molecule has 6 nitrogen and oxygen atoms in total. The van der Waals surface area contributed by atoms with Crippen LogP contribution in [-0.2, 0) is 0 Å². The number of methoxy groups -OCH3 is 1. The summed E-state index contributed by atoms with van der Waals surface area (Å²) in [6, 6.07) is 13.0. The monoisotopic (exact) mass is 382 g/mol. The van der Waals surface area contributed by atoms with Gasteiger partial charge in [-0.05, 0) is 42.5 Å². The average molecular weight is 382 g/mol. The molecule has 0 spiro atoms. The van der Waals surface area contributed by atoms with E-state index >= 15 is 0 Å². The molecular weight excluding hydrogens is 364 g/mol. The number of thioether (sulfide) groups is 1. The van der Waals surface area contributed by atoms with E-state index in [4.69, 9.17) is 14.2 Å². The smallest absolute Gasteiger partial charge is 0.173 e. The lowest BCUT2D eigenvalue weighted by molar-refractivity contribution is 0.102. The molecule has 0 unspecified atom stereocenters. The molecule has 0 atom stereocenters. The van der Waals surface area contributed by atoms with Crippen LogP contribution in [0.5, 0.6) is 17.2 Å². The van der Waals surface area contributed by atoms with Gasteiger partial charge in [0.25, 0.3) is 0 Å². The van der Waals surface area contributed by atoms with Crippen LogP contribution in [0, 0.1) is 0 Å². The van der Waals surface area contributed by atoms with Crippen LogP contribution in [0.2, 0.25) is 0 Å². The van der Waals surface area contributed by atoms with Crippen molar-refractivity contribution >= 4 is 17.5 Å². The number of fused-ring (bicyclic) bond motifs is 1. The van der Waals surface area contributed by atoms with E-state index in [0.717, 1.165) is 16.6 Å². The van der Waals surface area contributed by atoms with Crippen molar-refractivity contribution in [3.8, 4) is 22.9 Å². The molecule has 138 valence electrons. The first-order valence-electron chi connectivity index (χ1n) is 8.48. The predicted octanol–water partition coefficient (Wildman–Crippen LogP) is 3.63. The molecular formula is C20H18N2O4S. The Morgan fingerprint density at radius 1 is 1.15 bits per heavy atom. The number of rotatable bonds is 6. The van der Waals surface area contributed by atoms with Gasteiger partial charge in [-0.25, -0.2) is 4.98 Å². The second kappa shape index (κ2) is 7.75. The number of Topliss-reactive ketones (excluding diaryl/α,β-unsaturated/α-hetero) is 1. The minimum atomic E-state index is 0.0151. The summed E-state index contributed by atoms with van der Waals surface area (Å²) in [6.45, 7) is 1.03. The van der Waals surface area contributed by atoms with Crippen LogP contribution in [0.15, 0.2) is 60.0 Å². The number of hydrogen-bond donors (Lipinski definition) is 0. The molecule has 0 amide bonds. The van der Waals surface area contributed by atoms with Gasteiger partial charge in [0.1, 0.15) is 19.0 Å². The Kier molecular flexibility index (Phi) is 5.02. The minimum Gasteiger partial charge on any atom is -0.497 e. The molecule has 0 aliphatic carbocycles. The van der Waals surface area contributed by atoms with Crippen molar-refractivity contribution in [2.75, 3.05) is 26.1 Å². The topological polar surface area (TPSA) is 62.6 Å². The lowest BCUT2D eigenvalue weighted by atomic mass is 10.1. The van der Waals surface area contributed by atoms with Crippen molar-refractivity contribution in [2.45, 2.75) is 5.16 Å². The third-order valence-electron chi connectivity index (χ3n) is 4.15. The first kappa shape index (κ1) is 17.5. The molecule has 1 aromatic heterocycles. The Labute approximate surface area is 161 Å². The van der Waals surface area contributed by atoms with E-state index in [0.29, 0.717) is 30.3 Å². The standard InChI is InChI=1S/C20H18N2O4S/c1-24-16-5-3-15(4-6-16)22-9-8-21-20(22)27-13-17(23)14-2-7-18-19(12-14)26-11-10-25-18/h2-9,12H,10-11,13H2,1H3. The number of imidazole rings is 1. The molecule has 0 N–H and O–H groups in total. The zero-order chi connectivity index (χ0) is 18.6. The van der Waals surface area contributed by atoms with Gasteiger partial charge in [-0.2, -0.15) is 0 Å². The maximum atomic E-state index is 12.6. The van der Waals surface area contributed by atoms with Crippen molar-refractivity contribution in [1.29, 1.82) is 0 Å². The van der Waals surface area contributed by atoms with Gasteiger partial charge in [0, 0.05) is 23.6 Å². The molecule has 0 bridgehead atoms. The first-order chi connectivity index (χ1) is 13.2. The quantitative estimate of drug-likeness (QED) is 0.479. The van der Waals surface area contributed by atoms with Gasteiger partial charge in [0.15, 0.2) is 22.4 Å². The Morgan fingerprint density at radius 2 is 1.93 bits per heavy atom. The number of nitrogens with zero attached hydrogens (tertiary/aromatic N) is 2. The van der Waals surface area contributed by atoms with E-state index in [1.165, 1.54) is 11.8 Å². The first-order valence-corrected chi connectivity index (χ1v) is 9.46. The zero-order valence-corrected chi connectivity index (χ0v) is 15.6. The Morgan fingerprint density at radius 3 is 2.70 bits per heavy atom. The molecule has 0 saturated heterocycles. The lowest BCUT2D eigenvalue weighted by Gasteiger charge is -2.18. The van der Waals surface area contributed by atoms with Gasteiger partial charge in [0.05, 0.1) is 12.9 Å². The van der Waals surface area contributed by atoms with E-state index in [-0.39, 0.29) is 11.5 Å². The Bertz CT molecular complexity index is 953. The third kappa shape index (κ3) is 3.78. The van der Waals surface area contributed by atoms with Gasteiger partial charge in [-0.3, -0.25) is 9.36 Å². The molecule has 2 heterocycles. The molecule has 0 radical (unpaired) electrons. The van der Waals surface area contributed by atoms with Crippen molar-refractivity contribution in [3.05, 3.63) is 60.4 Å². The van der Waals surface area contributed by atoms with Crippen LogP contribution in [0.25, 0.3) is 5.69 Å². The number of hydrogen-bond acceptors (Lipinski definition) is 6. The zero-order valence-electron chi connectivity index (χ0n) is 14.8. The van der Waals surface area contributed by atoms with Crippen molar-refractivity contribution in [2.24, 2.45) is 0 Å². The van der Waals surface area contributed by atoms with Gasteiger partial charge >= 0.3 is 0 Å². The molecule has 4 rings (SSSR count). The fourth-order valence-corrected chi connectivity index (χ4v) is 3.63. The summed E-state index contributed by atoms with van der Waals surface area (Å²) >= 11 is 1.40. The van der Waals surface area contributed by atoms with Crippen LogP contribution in [0.4, 0.5) is 0 Å². The molecule has 1 aliphatic heterocycles. The molecule has 0 fully saturated rings. The number of ketones is 1. The summed E-state index contributed by atoms with van der Waals surface area (Å²) in [6.07, 6.45) is 3.60. The number of aromatic nitrogens is 2. The van der Waals surface area contributed by atoms with E-state index in [9.17, 15) is 4.79 Å². The van der Waals surface area contributed by atoms with Crippen molar-refractivity contribution in [1.82, 2.24) is 9.55 Å². The molecule has 7 heteroatoms. The summed E-state index contributed by atoms with van der Waals surface area (Å²) < 4.78 is 18.2. The molecule has 1 aliphatic rings. The highest BCUT2D eigenvalue weighted by Crippen LogP contribution is 2.31. The fourth-order valence-electron chi connectivity index (χ4n) is 2.77. The highest BCUT2D eigenvalue weighted by atomic mass is 32.2. The summed E-state index contributed by atoms with van der Waals surface area (Å²) in [5.41, 5.74) is 1.57. The van der Waals surface area contributed by atoms with E-state index in [2.05, 4.69) is 4.98 Å². The summed E-state index contributed by atoms with van der Waals surface area (Å²) in [4.78, 5) is 17.0. The Balaban J connectivity index is 1.46.